The number of carbonyl (C=O) groups excluding carboxylic acids is 2. The molecule has 1 aliphatic heterocycles. The van der Waals surface area contributed by atoms with Crippen LogP contribution in [0.1, 0.15) is 26.2 Å². The first-order chi connectivity index (χ1) is 8.15. The minimum atomic E-state index is -0.451. The van der Waals surface area contributed by atoms with Crippen LogP contribution in [0, 0.1) is 5.92 Å². The molecule has 1 rings (SSSR count). The first-order valence-corrected chi connectivity index (χ1v) is 6.16. The van der Waals surface area contributed by atoms with Crippen LogP contribution < -0.4 is 0 Å². The smallest absolute Gasteiger partial charge is 0.313 e. The van der Waals surface area contributed by atoms with Gasteiger partial charge >= 0.3 is 5.97 Å². The number of hydrogen-bond acceptors (Lipinski definition) is 5. The predicted octanol–water partition coefficient (Wildman–Crippen LogP) is 0.213. The maximum atomic E-state index is 11.6. The van der Waals surface area contributed by atoms with Crippen molar-refractivity contribution in [1.29, 1.82) is 0 Å². The SMILES string of the molecule is CCOC(=O)CC(=O)CN1CCCC(CO)C1. The molecule has 1 unspecified atom stereocenters. The van der Waals surface area contributed by atoms with Crippen LogP contribution in [0.2, 0.25) is 0 Å². The number of rotatable bonds is 6. The zero-order valence-corrected chi connectivity index (χ0v) is 10.4. The summed E-state index contributed by atoms with van der Waals surface area (Å²) < 4.78 is 4.73. The van der Waals surface area contributed by atoms with Crippen molar-refractivity contribution in [3.8, 4) is 0 Å². The van der Waals surface area contributed by atoms with Gasteiger partial charge in [-0.25, -0.2) is 0 Å². The molecular formula is C12H21NO4. The first kappa shape index (κ1) is 14.1. The van der Waals surface area contributed by atoms with Crippen LogP contribution >= 0.6 is 0 Å². The average Bonchev–Trinajstić information content (AvgIpc) is 2.29. The molecule has 0 spiro atoms. The van der Waals surface area contributed by atoms with Gasteiger partial charge in [0.15, 0.2) is 5.78 Å². The van der Waals surface area contributed by atoms with Crippen LogP contribution in [0.25, 0.3) is 0 Å². The Morgan fingerprint density at radius 3 is 2.88 bits per heavy atom. The third-order valence-corrected chi connectivity index (χ3v) is 2.91. The van der Waals surface area contributed by atoms with Crippen LogP contribution in [0.3, 0.4) is 0 Å². The number of hydrogen-bond donors (Lipinski definition) is 1. The molecular weight excluding hydrogens is 222 g/mol. The lowest BCUT2D eigenvalue weighted by molar-refractivity contribution is -0.145. The Balaban J connectivity index is 2.28. The van der Waals surface area contributed by atoms with Crippen molar-refractivity contribution >= 4 is 11.8 Å². The molecule has 0 aromatic heterocycles. The Kier molecular flexibility index (Phi) is 6.15. The van der Waals surface area contributed by atoms with Crippen molar-refractivity contribution in [1.82, 2.24) is 4.90 Å². The minimum absolute atomic E-state index is 0.109. The Morgan fingerprint density at radius 1 is 1.47 bits per heavy atom. The molecule has 0 bridgehead atoms. The van der Waals surface area contributed by atoms with E-state index in [1.807, 2.05) is 4.90 Å². The molecule has 1 atom stereocenters. The van der Waals surface area contributed by atoms with Gasteiger partial charge in [0, 0.05) is 13.2 Å². The van der Waals surface area contributed by atoms with Gasteiger partial charge in [0.1, 0.15) is 6.42 Å². The van der Waals surface area contributed by atoms with Gasteiger partial charge in [-0.2, -0.15) is 0 Å². The summed E-state index contributed by atoms with van der Waals surface area (Å²) >= 11 is 0. The average molecular weight is 243 g/mol. The highest BCUT2D eigenvalue weighted by Gasteiger charge is 2.21. The fraction of sp³-hybridized carbons (Fsp3) is 0.833. The number of carbonyl (C=O) groups is 2. The molecule has 0 aromatic rings. The number of ketones is 1. The number of likely N-dealkylation sites (tertiary alicyclic amines) is 1. The van der Waals surface area contributed by atoms with Crippen molar-refractivity contribution in [3.05, 3.63) is 0 Å². The van der Waals surface area contributed by atoms with E-state index in [4.69, 9.17) is 9.84 Å². The van der Waals surface area contributed by atoms with Crippen molar-refractivity contribution < 1.29 is 19.4 Å². The van der Waals surface area contributed by atoms with Gasteiger partial charge in [-0.15, -0.1) is 0 Å². The number of aliphatic hydroxyl groups is 1. The number of piperidine rings is 1. The zero-order valence-electron chi connectivity index (χ0n) is 10.4. The molecule has 0 aromatic carbocycles. The van der Waals surface area contributed by atoms with Gasteiger partial charge in [-0.05, 0) is 32.2 Å². The van der Waals surface area contributed by atoms with Gasteiger partial charge in [0.25, 0.3) is 0 Å². The van der Waals surface area contributed by atoms with Crippen molar-refractivity contribution in [3.63, 3.8) is 0 Å². The Hall–Kier alpha value is -0.940. The summed E-state index contributed by atoms with van der Waals surface area (Å²) in [6.07, 6.45) is 1.87. The molecule has 5 nitrogen and oxygen atoms in total. The third-order valence-electron chi connectivity index (χ3n) is 2.91. The van der Waals surface area contributed by atoms with E-state index in [1.54, 1.807) is 6.92 Å². The highest BCUT2D eigenvalue weighted by atomic mass is 16.5. The molecule has 98 valence electrons. The van der Waals surface area contributed by atoms with Crippen LogP contribution in [0.15, 0.2) is 0 Å². The summed E-state index contributed by atoms with van der Waals surface area (Å²) in [4.78, 5) is 24.7. The highest BCUT2D eigenvalue weighted by Crippen LogP contribution is 2.15. The summed E-state index contributed by atoms with van der Waals surface area (Å²) in [7, 11) is 0. The van der Waals surface area contributed by atoms with Crippen molar-refractivity contribution in [2.24, 2.45) is 5.92 Å². The summed E-state index contributed by atoms with van der Waals surface area (Å²) in [6.45, 7) is 4.09. The van der Waals surface area contributed by atoms with Crippen molar-refractivity contribution in [2.45, 2.75) is 26.2 Å². The maximum Gasteiger partial charge on any atom is 0.313 e. The zero-order chi connectivity index (χ0) is 12.7. The van der Waals surface area contributed by atoms with Gasteiger partial charge in [-0.1, -0.05) is 0 Å². The third kappa shape index (κ3) is 5.28. The largest absolute Gasteiger partial charge is 0.466 e. The first-order valence-electron chi connectivity index (χ1n) is 6.16. The molecule has 1 saturated heterocycles. The van der Waals surface area contributed by atoms with Crippen molar-refractivity contribution in [2.75, 3.05) is 32.8 Å². The van der Waals surface area contributed by atoms with E-state index in [0.717, 1.165) is 25.9 Å². The van der Waals surface area contributed by atoms with Crippen LogP contribution in [0.4, 0.5) is 0 Å². The summed E-state index contributed by atoms with van der Waals surface area (Å²) in [5.74, 6) is -0.297. The molecule has 0 aliphatic carbocycles. The Labute approximate surface area is 102 Å². The molecule has 17 heavy (non-hydrogen) atoms. The van der Waals surface area contributed by atoms with E-state index in [-0.39, 0.29) is 31.3 Å². The van der Waals surface area contributed by atoms with Crippen LogP contribution in [-0.2, 0) is 14.3 Å². The molecule has 1 fully saturated rings. The van der Waals surface area contributed by atoms with Crippen LogP contribution in [-0.4, -0.2) is 54.6 Å². The highest BCUT2D eigenvalue weighted by molar-refractivity contribution is 5.96. The van der Waals surface area contributed by atoms with E-state index in [2.05, 4.69) is 0 Å². The fourth-order valence-electron chi connectivity index (χ4n) is 2.12. The van der Waals surface area contributed by atoms with E-state index < -0.39 is 5.97 Å². The minimum Gasteiger partial charge on any atom is -0.466 e. The molecule has 1 aliphatic rings. The standard InChI is InChI=1S/C12H21NO4/c1-2-17-12(16)6-11(15)8-13-5-3-4-10(7-13)9-14/h10,14H,2-9H2,1H3. The van der Waals surface area contributed by atoms with E-state index >= 15 is 0 Å². The molecule has 0 radical (unpaired) electrons. The topological polar surface area (TPSA) is 66.8 Å². The normalized spacial score (nSPS) is 21.2. The second kappa shape index (κ2) is 7.40. The van der Waals surface area contributed by atoms with E-state index in [9.17, 15) is 9.59 Å². The van der Waals surface area contributed by atoms with E-state index in [1.165, 1.54) is 0 Å². The van der Waals surface area contributed by atoms with Gasteiger partial charge in [0.2, 0.25) is 0 Å². The Bertz CT molecular complexity index is 267. The second-order valence-corrected chi connectivity index (χ2v) is 4.45. The molecule has 1 heterocycles. The van der Waals surface area contributed by atoms with Gasteiger partial charge in [0.05, 0.1) is 13.2 Å². The quantitative estimate of drug-likeness (QED) is 0.533. The number of Topliss-reactive ketones (excluding diaryl/α,β-unsaturated/α-hetero) is 1. The summed E-state index contributed by atoms with van der Waals surface area (Å²) in [5.41, 5.74) is 0. The molecule has 0 amide bonds. The number of esters is 1. The Morgan fingerprint density at radius 2 is 2.24 bits per heavy atom. The van der Waals surface area contributed by atoms with Gasteiger partial charge < -0.3 is 9.84 Å². The summed E-state index contributed by atoms with van der Waals surface area (Å²) in [6, 6.07) is 0. The number of nitrogens with zero attached hydrogens (tertiary/aromatic N) is 1. The molecule has 0 saturated carbocycles. The maximum absolute atomic E-state index is 11.6. The lowest BCUT2D eigenvalue weighted by Crippen LogP contribution is -2.40. The molecule has 1 N–H and O–H groups in total. The second-order valence-electron chi connectivity index (χ2n) is 4.45. The lowest BCUT2D eigenvalue weighted by Gasteiger charge is -2.31. The number of ether oxygens (including phenoxy) is 1. The monoisotopic (exact) mass is 243 g/mol. The van der Waals surface area contributed by atoms with E-state index in [0.29, 0.717) is 6.61 Å². The van der Waals surface area contributed by atoms with Gasteiger partial charge in [-0.3, -0.25) is 14.5 Å². The fourth-order valence-corrected chi connectivity index (χ4v) is 2.12. The number of aliphatic hydroxyl groups excluding tert-OH is 1. The predicted molar refractivity (Wildman–Crippen MR) is 62.5 cm³/mol. The lowest BCUT2D eigenvalue weighted by atomic mass is 9.99. The molecule has 5 heteroatoms. The summed E-state index contributed by atoms with van der Waals surface area (Å²) in [5, 5.41) is 9.07. The van der Waals surface area contributed by atoms with Crippen LogP contribution in [0.5, 0.6) is 0 Å².